The summed E-state index contributed by atoms with van der Waals surface area (Å²) in [6, 6.07) is 6.86. The molecule has 1 aromatic rings. The lowest BCUT2D eigenvalue weighted by Crippen LogP contribution is -2.23. The normalized spacial score (nSPS) is 26.0. The van der Waals surface area contributed by atoms with E-state index in [1.807, 2.05) is 0 Å². The van der Waals surface area contributed by atoms with Crippen LogP contribution in [0.1, 0.15) is 32.1 Å². The van der Waals surface area contributed by atoms with Crippen molar-refractivity contribution in [2.24, 2.45) is 17.8 Å². The van der Waals surface area contributed by atoms with Crippen LogP contribution in [0.25, 0.3) is 0 Å². The van der Waals surface area contributed by atoms with Crippen molar-refractivity contribution in [1.82, 2.24) is 0 Å². The van der Waals surface area contributed by atoms with Crippen molar-refractivity contribution < 1.29 is 14.3 Å². The lowest BCUT2D eigenvalue weighted by atomic mass is 9.86. The van der Waals surface area contributed by atoms with Crippen molar-refractivity contribution in [3.05, 3.63) is 29.3 Å². The number of fused-ring (bicyclic) bond motifs is 2. The first kappa shape index (κ1) is 15.3. The molecule has 5 heteroatoms. The summed E-state index contributed by atoms with van der Waals surface area (Å²) in [6.45, 7) is -0.244. The highest BCUT2D eigenvalue weighted by molar-refractivity contribution is 6.30. The maximum absolute atomic E-state index is 11.9. The quantitative estimate of drug-likeness (QED) is 0.842. The number of rotatable bonds is 5. The van der Waals surface area contributed by atoms with Gasteiger partial charge in [0.2, 0.25) is 0 Å². The highest BCUT2D eigenvalue weighted by atomic mass is 35.5. The Bertz CT molecular complexity index is 575. The van der Waals surface area contributed by atoms with Gasteiger partial charge < -0.3 is 10.1 Å². The minimum absolute atomic E-state index is 0.244. The summed E-state index contributed by atoms with van der Waals surface area (Å²) in [4.78, 5) is 23.6. The third-order valence-electron chi connectivity index (χ3n) is 4.79. The van der Waals surface area contributed by atoms with Crippen LogP contribution in [0.4, 0.5) is 5.69 Å². The van der Waals surface area contributed by atoms with E-state index in [0.717, 1.165) is 12.3 Å². The van der Waals surface area contributed by atoms with Crippen LogP contribution in [0.2, 0.25) is 5.02 Å². The van der Waals surface area contributed by atoms with E-state index in [4.69, 9.17) is 16.3 Å². The zero-order valence-corrected chi connectivity index (χ0v) is 13.1. The summed E-state index contributed by atoms with van der Waals surface area (Å²) in [5, 5.41) is 3.21. The lowest BCUT2D eigenvalue weighted by molar-refractivity contribution is -0.148. The Hall–Kier alpha value is -1.55. The number of hydrogen-bond acceptors (Lipinski definition) is 3. The van der Waals surface area contributed by atoms with Crippen molar-refractivity contribution in [3.8, 4) is 0 Å². The molecular formula is C17H20ClNO3. The van der Waals surface area contributed by atoms with E-state index in [2.05, 4.69) is 5.32 Å². The molecule has 4 nitrogen and oxygen atoms in total. The average Bonchev–Trinajstić information content (AvgIpc) is 3.08. The Morgan fingerprint density at radius 3 is 2.82 bits per heavy atom. The Morgan fingerprint density at radius 1 is 1.27 bits per heavy atom. The number of carbonyl (C=O) groups is 2. The third-order valence-corrected chi connectivity index (χ3v) is 5.02. The van der Waals surface area contributed by atoms with Gasteiger partial charge in [-0.1, -0.05) is 24.1 Å². The number of esters is 1. The van der Waals surface area contributed by atoms with E-state index >= 15 is 0 Å². The molecule has 3 atom stereocenters. The van der Waals surface area contributed by atoms with Crippen LogP contribution in [0.3, 0.4) is 0 Å². The molecular weight excluding hydrogens is 302 g/mol. The number of anilines is 1. The second kappa shape index (κ2) is 6.69. The van der Waals surface area contributed by atoms with E-state index in [1.54, 1.807) is 24.3 Å². The Kier molecular flexibility index (Phi) is 4.67. The predicted molar refractivity (Wildman–Crippen MR) is 84.6 cm³/mol. The van der Waals surface area contributed by atoms with Crippen LogP contribution in [0.15, 0.2) is 24.3 Å². The summed E-state index contributed by atoms with van der Waals surface area (Å²) in [6.07, 6.45) is 5.43. The maximum atomic E-state index is 11.9. The Balaban J connectivity index is 1.40. The molecule has 1 N–H and O–H groups in total. The SMILES string of the molecule is O=C(COC(=O)C[C@@H]1C[C@H]2CC[C@H]1C2)Nc1cccc(Cl)c1. The van der Waals surface area contributed by atoms with Gasteiger partial charge in [-0.3, -0.25) is 9.59 Å². The van der Waals surface area contributed by atoms with Crippen LogP contribution in [-0.2, 0) is 14.3 Å². The van der Waals surface area contributed by atoms with Gasteiger partial charge in [0.15, 0.2) is 6.61 Å². The molecule has 2 saturated carbocycles. The highest BCUT2D eigenvalue weighted by Crippen LogP contribution is 2.49. The summed E-state index contributed by atoms with van der Waals surface area (Å²) in [7, 11) is 0. The second-order valence-corrected chi connectivity index (χ2v) is 6.79. The average molecular weight is 322 g/mol. The van der Waals surface area contributed by atoms with Crippen LogP contribution >= 0.6 is 11.6 Å². The van der Waals surface area contributed by atoms with Crippen LogP contribution in [0, 0.1) is 17.8 Å². The number of ether oxygens (including phenoxy) is 1. The zero-order chi connectivity index (χ0) is 15.5. The molecule has 2 aliphatic rings. The predicted octanol–water partition coefficient (Wildman–Crippen LogP) is 3.65. The van der Waals surface area contributed by atoms with E-state index < -0.39 is 0 Å². The largest absolute Gasteiger partial charge is 0.456 e. The van der Waals surface area contributed by atoms with E-state index in [1.165, 1.54) is 19.3 Å². The molecule has 1 amide bonds. The molecule has 1 aromatic carbocycles. The molecule has 0 unspecified atom stereocenters. The van der Waals surface area contributed by atoms with Gasteiger partial charge in [0.1, 0.15) is 0 Å². The fourth-order valence-corrected chi connectivity index (χ4v) is 4.00. The molecule has 0 aromatic heterocycles. The van der Waals surface area contributed by atoms with Gasteiger partial charge in [-0.15, -0.1) is 0 Å². The first-order valence-electron chi connectivity index (χ1n) is 7.81. The molecule has 0 heterocycles. The fourth-order valence-electron chi connectivity index (χ4n) is 3.81. The number of hydrogen-bond donors (Lipinski definition) is 1. The molecule has 3 rings (SSSR count). The smallest absolute Gasteiger partial charge is 0.306 e. The van der Waals surface area contributed by atoms with Crippen molar-refractivity contribution in [2.75, 3.05) is 11.9 Å². The summed E-state index contributed by atoms with van der Waals surface area (Å²) < 4.78 is 5.09. The van der Waals surface area contributed by atoms with Gasteiger partial charge in [0, 0.05) is 17.1 Å². The first-order valence-corrected chi connectivity index (χ1v) is 8.19. The van der Waals surface area contributed by atoms with Crippen molar-refractivity contribution >= 4 is 29.2 Å². The molecule has 0 aliphatic heterocycles. The molecule has 0 saturated heterocycles. The van der Waals surface area contributed by atoms with Gasteiger partial charge in [-0.05, 0) is 55.2 Å². The number of halogens is 1. The topological polar surface area (TPSA) is 55.4 Å². The lowest BCUT2D eigenvalue weighted by Gasteiger charge is -2.20. The number of carbonyl (C=O) groups excluding carboxylic acids is 2. The van der Waals surface area contributed by atoms with E-state index in [9.17, 15) is 9.59 Å². The molecule has 2 bridgehead atoms. The maximum Gasteiger partial charge on any atom is 0.306 e. The van der Waals surface area contributed by atoms with Gasteiger partial charge in [0.05, 0.1) is 0 Å². The summed E-state index contributed by atoms with van der Waals surface area (Å²) in [5.41, 5.74) is 0.599. The first-order chi connectivity index (χ1) is 10.6. The van der Waals surface area contributed by atoms with E-state index in [-0.39, 0.29) is 18.5 Å². The zero-order valence-electron chi connectivity index (χ0n) is 12.4. The van der Waals surface area contributed by atoms with Gasteiger partial charge in [-0.2, -0.15) is 0 Å². The second-order valence-electron chi connectivity index (χ2n) is 6.36. The van der Waals surface area contributed by atoms with Crippen LogP contribution in [-0.4, -0.2) is 18.5 Å². The van der Waals surface area contributed by atoms with Gasteiger partial charge >= 0.3 is 5.97 Å². The van der Waals surface area contributed by atoms with Crippen molar-refractivity contribution in [3.63, 3.8) is 0 Å². The van der Waals surface area contributed by atoms with Gasteiger partial charge in [0.25, 0.3) is 5.91 Å². The van der Waals surface area contributed by atoms with Gasteiger partial charge in [-0.25, -0.2) is 0 Å². The highest BCUT2D eigenvalue weighted by Gasteiger charge is 2.40. The monoisotopic (exact) mass is 321 g/mol. The standard InChI is InChI=1S/C17H20ClNO3/c18-14-2-1-3-15(9-14)19-16(20)10-22-17(21)8-13-7-11-4-5-12(13)6-11/h1-3,9,11-13H,4-8,10H2,(H,19,20)/t11-,12-,13-/m0/s1. The molecule has 0 radical (unpaired) electrons. The number of benzene rings is 1. The van der Waals surface area contributed by atoms with E-state index in [0.29, 0.717) is 29.0 Å². The summed E-state index contributed by atoms with van der Waals surface area (Å²) in [5.74, 6) is 1.36. The summed E-state index contributed by atoms with van der Waals surface area (Å²) >= 11 is 5.85. The number of nitrogens with one attached hydrogen (secondary N) is 1. The molecule has 0 spiro atoms. The molecule has 22 heavy (non-hydrogen) atoms. The van der Waals surface area contributed by atoms with Crippen molar-refractivity contribution in [2.45, 2.75) is 32.1 Å². The Morgan fingerprint density at radius 2 is 2.14 bits per heavy atom. The minimum atomic E-state index is -0.344. The Labute approximate surface area is 135 Å². The molecule has 2 aliphatic carbocycles. The molecule has 2 fully saturated rings. The van der Waals surface area contributed by atoms with Crippen LogP contribution < -0.4 is 5.32 Å². The number of amides is 1. The van der Waals surface area contributed by atoms with Crippen LogP contribution in [0.5, 0.6) is 0 Å². The van der Waals surface area contributed by atoms with Crippen molar-refractivity contribution in [1.29, 1.82) is 0 Å². The third kappa shape index (κ3) is 3.80. The minimum Gasteiger partial charge on any atom is -0.456 e. The molecule has 118 valence electrons. The fraction of sp³-hybridized carbons (Fsp3) is 0.529.